The molecule has 4 heteroatoms. The predicted octanol–water partition coefficient (Wildman–Crippen LogP) is 1.73. The van der Waals surface area contributed by atoms with E-state index in [0.29, 0.717) is 13.2 Å². The second kappa shape index (κ2) is 4.29. The van der Waals surface area contributed by atoms with Gasteiger partial charge in [0.1, 0.15) is 11.0 Å². The number of ether oxygens (including phenoxy) is 2. The minimum atomic E-state index is -0.918. The lowest BCUT2D eigenvalue weighted by molar-refractivity contribution is -0.155. The molecule has 1 heterocycles. The lowest BCUT2D eigenvalue weighted by Crippen LogP contribution is -2.34. The average molecular weight is 207 g/mol. The standard InChI is InChI=1S/C9H15ClO3/c1-9(2,10)8(11)13-7-3-5-12-6-4-7/h7H,3-6H2,1-2H3. The van der Waals surface area contributed by atoms with Crippen LogP contribution in [0.25, 0.3) is 0 Å². The number of rotatable bonds is 2. The van der Waals surface area contributed by atoms with Crippen LogP contribution in [-0.2, 0) is 14.3 Å². The van der Waals surface area contributed by atoms with Crippen LogP contribution >= 0.6 is 11.6 Å². The molecule has 0 amide bonds. The highest BCUT2D eigenvalue weighted by Crippen LogP contribution is 2.19. The third-order valence-electron chi connectivity index (χ3n) is 1.93. The van der Waals surface area contributed by atoms with Gasteiger partial charge in [-0.25, -0.2) is 0 Å². The molecule has 0 N–H and O–H groups in total. The second-order valence-corrected chi connectivity index (χ2v) is 4.63. The van der Waals surface area contributed by atoms with Crippen LogP contribution in [0, 0.1) is 0 Å². The van der Waals surface area contributed by atoms with Crippen LogP contribution in [0.4, 0.5) is 0 Å². The van der Waals surface area contributed by atoms with E-state index in [1.165, 1.54) is 0 Å². The molecule has 1 fully saturated rings. The zero-order chi connectivity index (χ0) is 9.90. The average Bonchev–Trinajstić information content (AvgIpc) is 2.04. The minimum Gasteiger partial charge on any atom is -0.461 e. The molecule has 0 aromatic rings. The highest BCUT2D eigenvalue weighted by atomic mass is 35.5. The van der Waals surface area contributed by atoms with E-state index in [1.807, 2.05) is 0 Å². The summed E-state index contributed by atoms with van der Waals surface area (Å²) in [5.74, 6) is -0.346. The van der Waals surface area contributed by atoms with Gasteiger partial charge >= 0.3 is 5.97 Å². The van der Waals surface area contributed by atoms with Crippen molar-refractivity contribution in [3.05, 3.63) is 0 Å². The van der Waals surface area contributed by atoms with E-state index in [9.17, 15) is 4.79 Å². The molecule has 3 nitrogen and oxygen atoms in total. The number of hydrogen-bond donors (Lipinski definition) is 0. The maximum atomic E-state index is 11.3. The van der Waals surface area contributed by atoms with E-state index >= 15 is 0 Å². The molecule has 0 radical (unpaired) electrons. The third-order valence-corrected chi connectivity index (χ3v) is 2.08. The van der Waals surface area contributed by atoms with Crippen LogP contribution in [0.1, 0.15) is 26.7 Å². The van der Waals surface area contributed by atoms with Crippen molar-refractivity contribution < 1.29 is 14.3 Å². The monoisotopic (exact) mass is 206 g/mol. The Balaban J connectivity index is 2.35. The lowest BCUT2D eigenvalue weighted by Gasteiger charge is -2.25. The molecule has 0 bridgehead atoms. The molecule has 1 aliphatic heterocycles. The van der Waals surface area contributed by atoms with Gasteiger partial charge in [-0.2, -0.15) is 0 Å². The predicted molar refractivity (Wildman–Crippen MR) is 49.9 cm³/mol. The smallest absolute Gasteiger partial charge is 0.326 e. The van der Waals surface area contributed by atoms with Crippen LogP contribution in [-0.4, -0.2) is 30.2 Å². The number of esters is 1. The first-order valence-corrected chi connectivity index (χ1v) is 4.85. The molecule has 0 aromatic heterocycles. The molecule has 0 unspecified atom stereocenters. The quantitative estimate of drug-likeness (QED) is 0.510. The van der Waals surface area contributed by atoms with E-state index in [1.54, 1.807) is 13.8 Å². The van der Waals surface area contributed by atoms with Gasteiger partial charge in [-0.15, -0.1) is 11.6 Å². The Kier molecular flexibility index (Phi) is 3.56. The Morgan fingerprint density at radius 2 is 2.00 bits per heavy atom. The Labute approximate surface area is 83.3 Å². The first kappa shape index (κ1) is 10.8. The summed E-state index contributed by atoms with van der Waals surface area (Å²) < 4.78 is 10.3. The zero-order valence-electron chi connectivity index (χ0n) is 8.01. The Bertz CT molecular complexity index is 180. The van der Waals surface area contributed by atoms with Gasteiger partial charge in [0.15, 0.2) is 0 Å². The van der Waals surface area contributed by atoms with Gasteiger partial charge in [0.2, 0.25) is 0 Å². The Morgan fingerprint density at radius 1 is 1.46 bits per heavy atom. The molecule has 76 valence electrons. The Hall–Kier alpha value is -0.280. The van der Waals surface area contributed by atoms with Crippen molar-refractivity contribution in [1.82, 2.24) is 0 Å². The minimum absolute atomic E-state index is 0.0146. The summed E-state index contributed by atoms with van der Waals surface area (Å²) >= 11 is 5.80. The van der Waals surface area contributed by atoms with Gasteiger partial charge in [0.05, 0.1) is 13.2 Å². The van der Waals surface area contributed by atoms with Crippen LogP contribution < -0.4 is 0 Å². The third kappa shape index (κ3) is 3.53. The molecule has 0 spiro atoms. The summed E-state index contributed by atoms with van der Waals surface area (Å²) in [5, 5.41) is 0. The molecular weight excluding hydrogens is 192 g/mol. The van der Waals surface area contributed by atoms with Crippen molar-refractivity contribution in [3.63, 3.8) is 0 Å². The summed E-state index contributed by atoms with van der Waals surface area (Å²) in [6.07, 6.45) is 1.54. The molecule has 13 heavy (non-hydrogen) atoms. The summed E-state index contributed by atoms with van der Waals surface area (Å²) in [5.41, 5.74) is 0. The molecule has 1 saturated heterocycles. The van der Waals surface area contributed by atoms with Gasteiger partial charge in [-0.05, 0) is 13.8 Å². The van der Waals surface area contributed by atoms with Gasteiger partial charge in [-0.3, -0.25) is 4.79 Å². The highest BCUT2D eigenvalue weighted by Gasteiger charge is 2.29. The summed E-state index contributed by atoms with van der Waals surface area (Å²) in [6.45, 7) is 4.60. The molecule has 1 aliphatic rings. The van der Waals surface area contributed by atoms with E-state index in [4.69, 9.17) is 21.1 Å². The van der Waals surface area contributed by atoms with Gasteiger partial charge in [0, 0.05) is 12.8 Å². The number of halogens is 1. The largest absolute Gasteiger partial charge is 0.461 e. The second-order valence-electron chi connectivity index (χ2n) is 3.69. The Morgan fingerprint density at radius 3 is 2.46 bits per heavy atom. The molecule has 0 saturated carbocycles. The molecule has 1 rings (SSSR count). The number of hydrogen-bond acceptors (Lipinski definition) is 3. The molecule has 0 aliphatic carbocycles. The van der Waals surface area contributed by atoms with Crippen LogP contribution in [0.2, 0.25) is 0 Å². The van der Waals surface area contributed by atoms with Crippen molar-refractivity contribution >= 4 is 17.6 Å². The van der Waals surface area contributed by atoms with Crippen molar-refractivity contribution in [2.75, 3.05) is 13.2 Å². The molecular formula is C9H15ClO3. The summed E-state index contributed by atoms with van der Waals surface area (Å²) in [7, 11) is 0. The van der Waals surface area contributed by atoms with Gasteiger partial charge < -0.3 is 9.47 Å². The fraction of sp³-hybridized carbons (Fsp3) is 0.889. The van der Waals surface area contributed by atoms with Crippen LogP contribution in [0.3, 0.4) is 0 Å². The van der Waals surface area contributed by atoms with E-state index in [-0.39, 0.29) is 12.1 Å². The molecule has 0 aromatic carbocycles. The van der Waals surface area contributed by atoms with Gasteiger partial charge in [0.25, 0.3) is 0 Å². The lowest BCUT2D eigenvalue weighted by atomic mass is 10.1. The fourth-order valence-corrected chi connectivity index (χ4v) is 1.13. The van der Waals surface area contributed by atoms with Crippen molar-refractivity contribution in [2.24, 2.45) is 0 Å². The molecule has 0 atom stereocenters. The number of alkyl halides is 1. The zero-order valence-corrected chi connectivity index (χ0v) is 8.76. The maximum Gasteiger partial charge on any atom is 0.326 e. The number of carbonyl (C=O) groups excluding carboxylic acids is 1. The SMILES string of the molecule is CC(C)(Cl)C(=O)OC1CCOCC1. The topological polar surface area (TPSA) is 35.5 Å². The van der Waals surface area contributed by atoms with E-state index in [2.05, 4.69) is 0 Å². The van der Waals surface area contributed by atoms with Crippen molar-refractivity contribution in [1.29, 1.82) is 0 Å². The maximum absolute atomic E-state index is 11.3. The highest BCUT2D eigenvalue weighted by molar-refractivity contribution is 6.33. The van der Waals surface area contributed by atoms with E-state index in [0.717, 1.165) is 12.8 Å². The summed E-state index contributed by atoms with van der Waals surface area (Å²) in [4.78, 5) is 10.4. The summed E-state index contributed by atoms with van der Waals surface area (Å²) in [6, 6.07) is 0. The van der Waals surface area contributed by atoms with Gasteiger partial charge in [-0.1, -0.05) is 0 Å². The fourth-order valence-electron chi connectivity index (χ4n) is 1.09. The van der Waals surface area contributed by atoms with Crippen LogP contribution in [0.15, 0.2) is 0 Å². The van der Waals surface area contributed by atoms with Crippen LogP contribution in [0.5, 0.6) is 0 Å². The number of carbonyl (C=O) groups is 1. The normalized spacial score (nSPS) is 19.9. The van der Waals surface area contributed by atoms with Crippen molar-refractivity contribution in [2.45, 2.75) is 37.7 Å². The van der Waals surface area contributed by atoms with Crippen molar-refractivity contribution in [3.8, 4) is 0 Å². The first-order valence-electron chi connectivity index (χ1n) is 4.48. The first-order chi connectivity index (χ1) is 6.00. The van der Waals surface area contributed by atoms with E-state index < -0.39 is 4.87 Å².